The molecule has 0 spiro atoms. The van der Waals surface area contributed by atoms with Crippen molar-refractivity contribution in [2.24, 2.45) is 0 Å². The fourth-order valence-electron chi connectivity index (χ4n) is 1.77. The molecule has 2 heterocycles. The van der Waals surface area contributed by atoms with E-state index in [2.05, 4.69) is 25.9 Å². The maximum atomic E-state index is 11.6. The summed E-state index contributed by atoms with van der Waals surface area (Å²) < 4.78 is 12.4. The van der Waals surface area contributed by atoms with Crippen LogP contribution in [0.1, 0.15) is 0 Å². The molecule has 5 nitrogen and oxygen atoms in total. The van der Waals surface area contributed by atoms with E-state index in [0.717, 1.165) is 10.0 Å². The van der Waals surface area contributed by atoms with Gasteiger partial charge in [0.15, 0.2) is 11.5 Å². The summed E-state index contributed by atoms with van der Waals surface area (Å²) in [5.74, 6) is 1.84. The first-order valence-corrected chi connectivity index (χ1v) is 7.36. The lowest BCUT2D eigenvalue weighted by molar-refractivity contribution is 0.170. The number of aromatic nitrogens is 2. The van der Waals surface area contributed by atoms with Crippen molar-refractivity contribution in [1.29, 1.82) is 0 Å². The van der Waals surface area contributed by atoms with E-state index >= 15 is 0 Å². The monoisotopic (exact) mass is 434 g/mol. The van der Waals surface area contributed by atoms with Crippen LogP contribution in [0, 0.1) is 3.57 Å². The number of nitrogens with one attached hydrogen (secondary N) is 1. The second-order valence-electron chi connectivity index (χ2n) is 3.89. The van der Waals surface area contributed by atoms with Gasteiger partial charge in [0, 0.05) is 11.8 Å². The molecule has 1 N–H and O–H groups in total. The molecule has 0 unspecified atom stereocenters. The number of H-pyrrole nitrogens is 1. The van der Waals surface area contributed by atoms with Gasteiger partial charge in [-0.3, -0.25) is 4.79 Å². The number of aromatic amines is 1. The molecule has 0 bridgehead atoms. The number of nitrogens with zero attached hydrogens (tertiary/aromatic N) is 1. The third-order valence-corrected chi connectivity index (χ3v) is 3.98. The lowest BCUT2D eigenvalue weighted by atomic mass is 10.2. The predicted octanol–water partition coefficient (Wildman–Crippen LogP) is 2.58. The zero-order chi connectivity index (χ0) is 13.4. The molecule has 2 aromatic rings. The number of benzene rings is 1. The van der Waals surface area contributed by atoms with Crippen molar-refractivity contribution in [2.75, 3.05) is 13.2 Å². The minimum absolute atomic E-state index is 0.156. The first kappa shape index (κ1) is 12.9. The topological polar surface area (TPSA) is 64.2 Å². The van der Waals surface area contributed by atoms with Gasteiger partial charge in [0.2, 0.25) is 0 Å². The third kappa shape index (κ3) is 2.48. The van der Waals surface area contributed by atoms with Gasteiger partial charge >= 0.3 is 0 Å². The molecule has 3 rings (SSSR count). The molecule has 0 aliphatic carbocycles. The summed E-state index contributed by atoms with van der Waals surface area (Å²) in [6, 6.07) is 3.66. The summed E-state index contributed by atoms with van der Waals surface area (Å²) in [5, 5.41) is 0. The predicted molar refractivity (Wildman–Crippen MR) is 81.7 cm³/mol. The molecule has 98 valence electrons. The van der Waals surface area contributed by atoms with Crippen LogP contribution < -0.4 is 15.0 Å². The van der Waals surface area contributed by atoms with Gasteiger partial charge < -0.3 is 14.5 Å². The normalized spacial score (nSPS) is 13.4. The highest BCUT2D eigenvalue weighted by Gasteiger charge is 2.17. The maximum absolute atomic E-state index is 11.6. The van der Waals surface area contributed by atoms with Gasteiger partial charge in [-0.2, -0.15) is 0 Å². The molecule has 0 amide bonds. The summed E-state index contributed by atoms with van der Waals surface area (Å²) in [7, 11) is 0. The van der Waals surface area contributed by atoms with E-state index in [1.807, 2.05) is 34.7 Å². The Bertz CT molecular complexity index is 702. The molecule has 0 fully saturated rings. The van der Waals surface area contributed by atoms with Gasteiger partial charge in [0.25, 0.3) is 5.56 Å². The van der Waals surface area contributed by atoms with Crippen LogP contribution >= 0.6 is 38.5 Å². The van der Waals surface area contributed by atoms with Crippen molar-refractivity contribution in [3.8, 4) is 22.9 Å². The molecular formula is C12H8BrIN2O3. The Balaban J connectivity index is 2.12. The molecule has 0 saturated carbocycles. The summed E-state index contributed by atoms with van der Waals surface area (Å²) in [4.78, 5) is 18.6. The van der Waals surface area contributed by atoms with E-state index < -0.39 is 0 Å². The lowest BCUT2D eigenvalue weighted by Gasteiger charge is -2.20. The molecule has 1 aliphatic rings. The first-order valence-electron chi connectivity index (χ1n) is 5.49. The number of hydrogen-bond donors (Lipinski definition) is 1. The summed E-state index contributed by atoms with van der Waals surface area (Å²) in [6.07, 6.45) is 1.54. The van der Waals surface area contributed by atoms with Crippen LogP contribution in [0.2, 0.25) is 0 Å². The Morgan fingerprint density at radius 3 is 2.89 bits per heavy atom. The lowest BCUT2D eigenvalue weighted by Crippen LogP contribution is -2.16. The van der Waals surface area contributed by atoms with Crippen LogP contribution in [-0.2, 0) is 0 Å². The average Bonchev–Trinajstić information content (AvgIpc) is 2.42. The zero-order valence-electron chi connectivity index (χ0n) is 9.57. The Kier molecular flexibility index (Phi) is 3.48. The SMILES string of the molecule is O=c1[nH]c(-c2cc(Br)c3c(c2)OCCO3)ncc1I. The van der Waals surface area contributed by atoms with E-state index in [1.165, 1.54) is 0 Å². The molecular weight excluding hydrogens is 427 g/mol. The molecule has 0 saturated heterocycles. The van der Waals surface area contributed by atoms with Gasteiger partial charge in [-0.1, -0.05) is 0 Å². The number of ether oxygens (including phenoxy) is 2. The Morgan fingerprint density at radius 2 is 2.11 bits per heavy atom. The van der Waals surface area contributed by atoms with Crippen molar-refractivity contribution in [2.45, 2.75) is 0 Å². The van der Waals surface area contributed by atoms with Gasteiger partial charge in [-0.15, -0.1) is 0 Å². The van der Waals surface area contributed by atoms with Crippen molar-refractivity contribution in [3.63, 3.8) is 0 Å². The second-order valence-corrected chi connectivity index (χ2v) is 5.91. The molecule has 1 aromatic carbocycles. The molecule has 1 aliphatic heterocycles. The highest BCUT2D eigenvalue weighted by Crippen LogP contribution is 2.40. The van der Waals surface area contributed by atoms with Crippen LogP contribution in [0.3, 0.4) is 0 Å². The van der Waals surface area contributed by atoms with Crippen LogP contribution in [0.25, 0.3) is 11.4 Å². The smallest absolute Gasteiger partial charge is 0.264 e. The van der Waals surface area contributed by atoms with Crippen LogP contribution in [-0.4, -0.2) is 23.2 Å². The third-order valence-electron chi connectivity index (χ3n) is 2.63. The maximum Gasteiger partial charge on any atom is 0.264 e. The summed E-state index contributed by atoms with van der Waals surface area (Å²) in [5.41, 5.74) is 0.612. The van der Waals surface area contributed by atoms with Crippen molar-refractivity contribution >= 4 is 38.5 Å². The number of hydrogen-bond acceptors (Lipinski definition) is 4. The van der Waals surface area contributed by atoms with Crippen molar-refractivity contribution < 1.29 is 9.47 Å². The largest absolute Gasteiger partial charge is 0.486 e. The van der Waals surface area contributed by atoms with E-state index in [9.17, 15) is 4.79 Å². The Labute approximate surface area is 130 Å². The number of halogens is 2. The zero-order valence-corrected chi connectivity index (χ0v) is 13.3. The molecule has 0 radical (unpaired) electrons. The van der Waals surface area contributed by atoms with Crippen LogP contribution in [0.15, 0.2) is 27.6 Å². The van der Waals surface area contributed by atoms with Gasteiger partial charge in [-0.05, 0) is 50.7 Å². The van der Waals surface area contributed by atoms with Crippen LogP contribution in [0.4, 0.5) is 0 Å². The fourth-order valence-corrected chi connectivity index (χ4v) is 2.60. The quantitative estimate of drug-likeness (QED) is 0.700. The molecule has 7 heteroatoms. The van der Waals surface area contributed by atoms with E-state index in [4.69, 9.17) is 9.47 Å². The van der Waals surface area contributed by atoms with E-state index in [1.54, 1.807) is 6.20 Å². The number of fused-ring (bicyclic) bond motifs is 1. The highest BCUT2D eigenvalue weighted by molar-refractivity contribution is 14.1. The second kappa shape index (κ2) is 5.12. The summed E-state index contributed by atoms with van der Waals surface area (Å²) in [6.45, 7) is 1.04. The number of rotatable bonds is 1. The van der Waals surface area contributed by atoms with E-state index in [-0.39, 0.29) is 5.56 Å². The summed E-state index contributed by atoms with van der Waals surface area (Å²) >= 11 is 5.38. The minimum Gasteiger partial charge on any atom is -0.486 e. The minimum atomic E-state index is -0.156. The fraction of sp³-hybridized carbons (Fsp3) is 0.167. The van der Waals surface area contributed by atoms with Crippen molar-refractivity contribution in [3.05, 3.63) is 36.7 Å². The van der Waals surface area contributed by atoms with E-state index in [0.29, 0.717) is 34.1 Å². The highest BCUT2D eigenvalue weighted by atomic mass is 127. The Hall–Kier alpha value is -1.09. The first-order chi connectivity index (χ1) is 9.15. The standard InChI is InChI=1S/C12H8BrIN2O3/c13-7-3-6(4-9-10(7)19-2-1-18-9)11-15-5-8(14)12(17)16-11/h3-5H,1-2H2,(H,15,16,17). The molecule has 0 atom stereocenters. The van der Waals surface area contributed by atoms with Gasteiger partial charge in [0.1, 0.15) is 19.0 Å². The average molecular weight is 435 g/mol. The van der Waals surface area contributed by atoms with Gasteiger partial charge in [-0.25, -0.2) is 4.98 Å². The molecule has 1 aromatic heterocycles. The van der Waals surface area contributed by atoms with Crippen molar-refractivity contribution in [1.82, 2.24) is 9.97 Å². The van der Waals surface area contributed by atoms with Crippen LogP contribution in [0.5, 0.6) is 11.5 Å². The molecule has 19 heavy (non-hydrogen) atoms. The van der Waals surface area contributed by atoms with Gasteiger partial charge in [0.05, 0.1) is 8.04 Å². The Morgan fingerprint density at radius 1 is 1.32 bits per heavy atom.